The summed E-state index contributed by atoms with van der Waals surface area (Å²) in [6, 6.07) is 15.2. The topological polar surface area (TPSA) is 16.8 Å². The highest BCUT2D eigenvalue weighted by Crippen LogP contribution is 2.50. The third-order valence-corrected chi connectivity index (χ3v) is 6.36. The summed E-state index contributed by atoms with van der Waals surface area (Å²) >= 11 is 1.89. The molecule has 24 heavy (non-hydrogen) atoms. The maximum absolute atomic E-state index is 4.62. The number of hydrogen-bond acceptors (Lipinski definition) is 2. The molecule has 0 bridgehead atoms. The average molecular weight is 329 g/mol. The lowest BCUT2D eigenvalue weighted by molar-refractivity contribution is -0.662. The number of aryl methyl sites for hydroxylation is 3. The van der Waals surface area contributed by atoms with Gasteiger partial charge in [-0.1, -0.05) is 42.1 Å². The van der Waals surface area contributed by atoms with Crippen molar-refractivity contribution in [3.8, 4) is 11.3 Å². The largest absolute Gasteiger partial charge is 0.287 e. The van der Waals surface area contributed by atoms with Gasteiger partial charge in [-0.2, -0.15) is 0 Å². The molecule has 0 aliphatic carbocycles. The molecular weight excluding hydrogens is 312 g/mol. The average Bonchev–Trinajstić information content (AvgIpc) is 2.62. The van der Waals surface area contributed by atoms with E-state index in [9.17, 15) is 0 Å². The van der Waals surface area contributed by atoms with Crippen LogP contribution >= 0.6 is 11.8 Å². The van der Waals surface area contributed by atoms with E-state index in [2.05, 4.69) is 72.9 Å². The molecule has 0 saturated heterocycles. The molecule has 5 rings (SSSR count). The summed E-state index contributed by atoms with van der Waals surface area (Å²) in [7, 11) is 2.10. The maximum atomic E-state index is 4.62. The number of fused-ring (bicyclic) bond motifs is 3. The van der Waals surface area contributed by atoms with Crippen LogP contribution < -0.4 is 4.57 Å². The summed E-state index contributed by atoms with van der Waals surface area (Å²) in [6.45, 7) is 4.50. The summed E-state index contributed by atoms with van der Waals surface area (Å²) in [5, 5.41) is 3.98. The first-order valence-corrected chi connectivity index (χ1v) is 8.96. The quantitative estimate of drug-likeness (QED) is 0.373. The number of nitrogens with zero attached hydrogens (tertiary/aromatic N) is 2. The van der Waals surface area contributed by atoms with E-state index in [0.717, 1.165) is 5.52 Å². The van der Waals surface area contributed by atoms with E-state index in [4.69, 9.17) is 0 Å². The van der Waals surface area contributed by atoms with E-state index in [1.54, 1.807) is 0 Å². The second-order valence-corrected chi connectivity index (χ2v) is 7.51. The van der Waals surface area contributed by atoms with Gasteiger partial charge in [0.05, 0.1) is 12.4 Å². The third-order valence-electron chi connectivity index (χ3n) is 5.09. The van der Waals surface area contributed by atoms with Crippen molar-refractivity contribution in [3.63, 3.8) is 0 Å². The monoisotopic (exact) mass is 329 g/mol. The van der Waals surface area contributed by atoms with Gasteiger partial charge < -0.3 is 0 Å². The summed E-state index contributed by atoms with van der Waals surface area (Å²) in [5.74, 6) is 0. The molecule has 1 aliphatic heterocycles. The van der Waals surface area contributed by atoms with Gasteiger partial charge in [0.15, 0.2) is 5.52 Å². The first kappa shape index (κ1) is 14.0. The first-order chi connectivity index (χ1) is 11.7. The zero-order valence-electron chi connectivity index (χ0n) is 13.9. The lowest BCUT2D eigenvalue weighted by atomic mass is 9.92. The summed E-state index contributed by atoms with van der Waals surface area (Å²) in [6.07, 6.45) is 1.94. The van der Waals surface area contributed by atoms with E-state index in [1.165, 1.54) is 48.3 Å². The molecule has 0 unspecified atom stereocenters. The normalized spacial score (nSPS) is 12.6. The second-order valence-electron chi connectivity index (χ2n) is 6.46. The molecule has 0 fully saturated rings. The molecule has 0 amide bonds. The zero-order valence-corrected chi connectivity index (χ0v) is 14.7. The molecule has 0 radical (unpaired) electrons. The van der Waals surface area contributed by atoms with Crippen LogP contribution in [-0.4, -0.2) is 4.98 Å². The maximum Gasteiger partial charge on any atom is 0.287 e. The second kappa shape index (κ2) is 4.81. The SMILES string of the molecule is Cc1c2c(c(C)c3ccccc13)-c1c3c(cccc3nc[n+]1C)S2. The van der Waals surface area contributed by atoms with Crippen LogP contribution in [-0.2, 0) is 7.05 Å². The van der Waals surface area contributed by atoms with Crippen molar-refractivity contribution < 1.29 is 4.57 Å². The van der Waals surface area contributed by atoms with E-state index in [1.807, 2.05) is 18.1 Å². The van der Waals surface area contributed by atoms with Crippen molar-refractivity contribution in [2.75, 3.05) is 0 Å². The molecule has 1 aromatic heterocycles. The van der Waals surface area contributed by atoms with Gasteiger partial charge in [-0.3, -0.25) is 0 Å². The van der Waals surface area contributed by atoms with Crippen molar-refractivity contribution in [1.82, 2.24) is 4.98 Å². The Morgan fingerprint density at radius 2 is 1.67 bits per heavy atom. The fourth-order valence-electron chi connectivity index (χ4n) is 3.91. The summed E-state index contributed by atoms with van der Waals surface area (Å²) in [5.41, 5.74) is 6.46. The van der Waals surface area contributed by atoms with Crippen molar-refractivity contribution in [1.29, 1.82) is 0 Å². The van der Waals surface area contributed by atoms with E-state index >= 15 is 0 Å². The van der Waals surface area contributed by atoms with Crippen LogP contribution in [0, 0.1) is 13.8 Å². The molecule has 0 spiro atoms. The van der Waals surface area contributed by atoms with Gasteiger partial charge in [0.1, 0.15) is 5.69 Å². The first-order valence-electron chi connectivity index (χ1n) is 8.14. The van der Waals surface area contributed by atoms with Crippen molar-refractivity contribution >= 4 is 33.4 Å². The molecule has 1 aliphatic rings. The van der Waals surface area contributed by atoms with Gasteiger partial charge in [0.25, 0.3) is 6.33 Å². The van der Waals surface area contributed by atoms with Gasteiger partial charge in [0, 0.05) is 15.4 Å². The molecule has 2 heterocycles. The van der Waals surface area contributed by atoms with Crippen molar-refractivity contribution in [2.45, 2.75) is 23.6 Å². The molecule has 116 valence electrons. The van der Waals surface area contributed by atoms with Gasteiger partial charge in [-0.15, -0.1) is 0 Å². The number of hydrogen-bond donors (Lipinski definition) is 0. The highest BCUT2D eigenvalue weighted by atomic mass is 32.2. The van der Waals surface area contributed by atoms with Gasteiger partial charge in [0.2, 0.25) is 0 Å². The predicted octanol–water partition coefficient (Wildman–Crippen LogP) is 4.96. The lowest BCUT2D eigenvalue weighted by Crippen LogP contribution is -2.32. The fourth-order valence-corrected chi connectivity index (χ4v) is 5.19. The van der Waals surface area contributed by atoms with Gasteiger partial charge in [-0.25, -0.2) is 4.57 Å². The van der Waals surface area contributed by atoms with Crippen LogP contribution in [0.3, 0.4) is 0 Å². The molecule has 3 heteroatoms. The molecule has 0 atom stereocenters. The van der Waals surface area contributed by atoms with Crippen LogP contribution in [0.15, 0.2) is 58.6 Å². The Balaban J connectivity index is 2.06. The smallest absolute Gasteiger partial charge is 0.232 e. The number of rotatable bonds is 0. The Morgan fingerprint density at radius 1 is 0.917 bits per heavy atom. The Bertz CT molecular complexity index is 1160. The Hall–Kier alpha value is -2.39. The minimum atomic E-state index is 1.07. The highest BCUT2D eigenvalue weighted by Gasteiger charge is 2.29. The Morgan fingerprint density at radius 3 is 2.46 bits per heavy atom. The van der Waals surface area contributed by atoms with E-state index in [-0.39, 0.29) is 0 Å². The van der Waals surface area contributed by atoms with Gasteiger partial charge in [-0.05, 0) is 52.9 Å². The summed E-state index contributed by atoms with van der Waals surface area (Å²) in [4.78, 5) is 7.31. The third kappa shape index (κ3) is 1.68. The highest BCUT2D eigenvalue weighted by molar-refractivity contribution is 7.99. The molecular formula is C21H17N2S+. The molecule has 0 N–H and O–H groups in total. The molecule has 0 saturated carbocycles. The van der Waals surface area contributed by atoms with Crippen LogP contribution in [0.5, 0.6) is 0 Å². The van der Waals surface area contributed by atoms with Crippen LogP contribution in [0.25, 0.3) is 32.9 Å². The number of aromatic nitrogens is 2. The minimum Gasteiger partial charge on any atom is -0.232 e. The van der Waals surface area contributed by atoms with Crippen LogP contribution in [0.1, 0.15) is 11.1 Å². The Labute approximate surface area is 145 Å². The lowest BCUT2D eigenvalue weighted by Gasteiger charge is -2.23. The predicted molar refractivity (Wildman–Crippen MR) is 99.5 cm³/mol. The van der Waals surface area contributed by atoms with Gasteiger partial charge >= 0.3 is 0 Å². The summed E-state index contributed by atoms with van der Waals surface area (Å²) < 4.78 is 2.17. The van der Waals surface area contributed by atoms with Crippen LogP contribution in [0.2, 0.25) is 0 Å². The Kier molecular flexibility index (Phi) is 2.80. The molecule has 3 aromatic carbocycles. The van der Waals surface area contributed by atoms with E-state index < -0.39 is 0 Å². The van der Waals surface area contributed by atoms with Crippen LogP contribution in [0.4, 0.5) is 0 Å². The zero-order chi connectivity index (χ0) is 16.4. The standard InChI is InChI=1S/C21H17N2S/c1-12-14-7-4-5-8-15(14)13(2)21-18(12)20-19-16(22-11-23(20)3)9-6-10-17(19)24-21/h4-11H,1-3H3/q+1. The fraction of sp³-hybridized carbons (Fsp3) is 0.143. The van der Waals surface area contributed by atoms with E-state index in [0.29, 0.717) is 0 Å². The molecule has 4 aromatic rings. The minimum absolute atomic E-state index is 1.07. The molecule has 2 nitrogen and oxygen atoms in total. The van der Waals surface area contributed by atoms with Crippen molar-refractivity contribution in [2.24, 2.45) is 7.05 Å². The number of benzene rings is 3. The van der Waals surface area contributed by atoms with Crippen molar-refractivity contribution in [3.05, 3.63) is 59.9 Å².